The van der Waals surface area contributed by atoms with Crippen LogP contribution in [0.4, 0.5) is 4.79 Å². The number of hydrogen-bond donors (Lipinski definition) is 0. The number of esters is 1. The van der Waals surface area contributed by atoms with Crippen LogP contribution < -0.4 is 0 Å². The predicted octanol–water partition coefficient (Wildman–Crippen LogP) is 0.968. The van der Waals surface area contributed by atoms with E-state index >= 15 is 0 Å². The van der Waals surface area contributed by atoms with E-state index in [1.54, 1.807) is 6.92 Å². The van der Waals surface area contributed by atoms with Crippen molar-refractivity contribution < 1.29 is 23.8 Å². The summed E-state index contributed by atoms with van der Waals surface area (Å²) in [7, 11) is 0.108. The minimum atomic E-state index is -0.443. The molecule has 0 aromatic rings. The highest BCUT2D eigenvalue weighted by atomic mass is 28.2. The third-order valence-corrected chi connectivity index (χ3v) is 4.30. The van der Waals surface area contributed by atoms with E-state index in [1.165, 1.54) is 10.9 Å². The Labute approximate surface area is 128 Å². The third-order valence-electron chi connectivity index (χ3n) is 3.09. The van der Waals surface area contributed by atoms with Crippen molar-refractivity contribution in [2.75, 3.05) is 32.9 Å². The average molecular weight is 315 g/mol. The molecule has 120 valence electrons. The van der Waals surface area contributed by atoms with Gasteiger partial charge in [-0.05, 0) is 13.3 Å². The maximum absolute atomic E-state index is 11.6. The molecule has 7 heteroatoms. The summed E-state index contributed by atoms with van der Waals surface area (Å²) in [4.78, 5) is 24.4. The van der Waals surface area contributed by atoms with Gasteiger partial charge in [-0.1, -0.05) is 19.2 Å². The topological polar surface area (TPSA) is 65.1 Å². The molecule has 21 heavy (non-hydrogen) atoms. The van der Waals surface area contributed by atoms with E-state index in [0.717, 1.165) is 13.0 Å². The van der Waals surface area contributed by atoms with Gasteiger partial charge in [0.1, 0.15) is 12.7 Å². The summed E-state index contributed by atoms with van der Waals surface area (Å²) in [6.45, 7) is 9.47. The van der Waals surface area contributed by atoms with Crippen molar-refractivity contribution >= 4 is 21.6 Å². The van der Waals surface area contributed by atoms with E-state index in [4.69, 9.17) is 14.2 Å². The quantitative estimate of drug-likeness (QED) is 0.260. The van der Waals surface area contributed by atoms with Gasteiger partial charge in [-0.15, -0.1) is 0 Å². The van der Waals surface area contributed by atoms with Crippen LogP contribution >= 0.6 is 0 Å². The van der Waals surface area contributed by atoms with Gasteiger partial charge in [-0.3, -0.25) is 0 Å². The number of carbonyl (C=O) groups is 2. The van der Waals surface area contributed by atoms with E-state index in [-0.39, 0.29) is 28.3 Å². The molecular weight excluding hydrogens is 290 g/mol. The van der Waals surface area contributed by atoms with Crippen LogP contribution in [0.15, 0.2) is 12.2 Å². The van der Waals surface area contributed by atoms with Crippen LogP contribution in [0.5, 0.6) is 0 Å². The van der Waals surface area contributed by atoms with Crippen molar-refractivity contribution in [1.82, 2.24) is 4.90 Å². The van der Waals surface area contributed by atoms with Crippen molar-refractivity contribution in [3.63, 3.8) is 0 Å². The van der Waals surface area contributed by atoms with Gasteiger partial charge in [0.05, 0.1) is 19.7 Å². The fourth-order valence-corrected chi connectivity index (χ4v) is 2.59. The van der Waals surface area contributed by atoms with Crippen molar-refractivity contribution in [2.24, 2.45) is 0 Å². The fourth-order valence-electron chi connectivity index (χ4n) is 1.88. The molecule has 1 saturated heterocycles. The molecule has 1 aliphatic rings. The number of cyclic esters (lactones) is 1. The van der Waals surface area contributed by atoms with Crippen LogP contribution in [-0.4, -0.2) is 65.5 Å². The highest BCUT2D eigenvalue weighted by molar-refractivity contribution is 6.33. The lowest BCUT2D eigenvalue weighted by Gasteiger charge is -2.13. The zero-order chi connectivity index (χ0) is 15.7. The molecule has 1 aliphatic heterocycles. The van der Waals surface area contributed by atoms with Crippen LogP contribution in [0.3, 0.4) is 0 Å². The van der Waals surface area contributed by atoms with Crippen LogP contribution in [0.2, 0.25) is 12.6 Å². The van der Waals surface area contributed by atoms with Crippen molar-refractivity contribution in [1.29, 1.82) is 0 Å². The Kier molecular flexibility index (Phi) is 8.07. The molecule has 0 aliphatic carbocycles. The second kappa shape index (κ2) is 9.57. The molecule has 0 saturated carbocycles. The molecule has 0 spiro atoms. The molecule has 1 unspecified atom stereocenters. The molecule has 1 atom stereocenters. The normalized spacial score (nSPS) is 18.3. The maximum Gasteiger partial charge on any atom is 0.410 e. The smallest absolute Gasteiger partial charge is 0.410 e. The average Bonchev–Trinajstić information content (AvgIpc) is 2.79. The van der Waals surface area contributed by atoms with E-state index in [9.17, 15) is 9.59 Å². The lowest BCUT2D eigenvalue weighted by Crippen LogP contribution is -2.30. The van der Waals surface area contributed by atoms with E-state index in [2.05, 4.69) is 13.1 Å². The van der Waals surface area contributed by atoms with Gasteiger partial charge in [0.15, 0.2) is 0 Å². The first-order valence-corrected chi connectivity index (χ1v) is 9.82. The van der Waals surface area contributed by atoms with Crippen molar-refractivity contribution in [3.8, 4) is 0 Å². The zero-order valence-corrected chi connectivity index (χ0v) is 14.3. The molecule has 0 N–H and O–H groups in total. The van der Waals surface area contributed by atoms with Gasteiger partial charge in [-0.2, -0.15) is 0 Å². The predicted molar refractivity (Wildman–Crippen MR) is 82.3 cm³/mol. The lowest BCUT2D eigenvalue weighted by molar-refractivity contribution is -0.139. The first kappa shape index (κ1) is 17.7. The molecule has 0 bridgehead atoms. The summed E-state index contributed by atoms with van der Waals surface area (Å²) in [5, 5.41) is 0. The summed E-state index contributed by atoms with van der Waals surface area (Å²) in [6.07, 6.45) is 0.480. The second-order valence-corrected chi connectivity index (χ2v) is 6.86. The Balaban J connectivity index is 2.16. The van der Waals surface area contributed by atoms with E-state index in [0.29, 0.717) is 25.3 Å². The lowest BCUT2D eigenvalue weighted by atomic mass is 10.3. The molecule has 1 heterocycles. The van der Waals surface area contributed by atoms with Gasteiger partial charge in [0.25, 0.3) is 0 Å². The Morgan fingerprint density at radius 1 is 1.52 bits per heavy atom. The van der Waals surface area contributed by atoms with Crippen molar-refractivity contribution in [3.05, 3.63) is 12.2 Å². The van der Waals surface area contributed by atoms with Gasteiger partial charge in [0, 0.05) is 21.7 Å². The molecular formula is C14H25NO5Si. The highest BCUT2D eigenvalue weighted by Crippen LogP contribution is 2.11. The summed E-state index contributed by atoms with van der Waals surface area (Å²) >= 11 is 0. The fraction of sp³-hybridized carbons (Fsp3) is 0.714. The Morgan fingerprint density at radius 2 is 2.29 bits per heavy atom. The van der Waals surface area contributed by atoms with Gasteiger partial charge < -0.3 is 19.1 Å². The molecule has 1 amide bonds. The van der Waals surface area contributed by atoms with Crippen LogP contribution in [0.1, 0.15) is 13.3 Å². The van der Waals surface area contributed by atoms with Crippen LogP contribution in [0, 0.1) is 0 Å². The first-order chi connectivity index (χ1) is 10.0. The number of nitrogens with zero attached hydrogens (tertiary/aromatic N) is 1. The molecule has 0 aromatic carbocycles. The Morgan fingerprint density at radius 3 is 2.95 bits per heavy atom. The van der Waals surface area contributed by atoms with Gasteiger partial charge in [-0.25, -0.2) is 9.59 Å². The first-order valence-electron chi connectivity index (χ1n) is 7.40. The van der Waals surface area contributed by atoms with Gasteiger partial charge in [0.2, 0.25) is 0 Å². The maximum atomic E-state index is 11.6. The summed E-state index contributed by atoms with van der Waals surface area (Å²) in [5.74, 6) is -0.443. The monoisotopic (exact) mass is 315 g/mol. The molecule has 0 aromatic heterocycles. The Bertz CT molecular complexity index is 374. The number of hydrogen-bond acceptors (Lipinski definition) is 5. The molecule has 6 nitrogen and oxygen atoms in total. The molecule has 1 fully saturated rings. The Hall–Kier alpha value is -1.34. The van der Waals surface area contributed by atoms with E-state index in [1.807, 2.05) is 0 Å². The minimum Gasteiger partial charge on any atom is -0.460 e. The van der Waals surface area contributed by atoms with Crippen molar-refractivity contribution in [2.45, 2.75) is 32.0 Å². The summed E-state index contributed by atoms with van der Waals surface area (Å²) in [5.41, 5.74) is 0.348. The van der Waals surface area contributed by atoms with E-state index < -0.39 is 5.97 Å². The summed E-state index contributed by atoms with van der Waals surface area (Å²) < 4.78 is 15.7. The second-order valence-electron chi connectivity index (χ2n) is 5.15. The zero-order valence-electron chi connectivity index (χ0n) is 12.9. The highest BCUT2D eigenvalue weighted by Gasteiger charge is 2.31. The number of carbonyl (C=O) groups excluding carboxylic acids is 2. The molecule has 0 radical (unpaired) electrons. The SMILES string of the molecule is C=C(C)C(=O)OCCN1CC(COCCC[SiH2]C)OC1=O. The largest absolute Gasteiger partial charge is 0.460 e. The third kappa shape index (κ3) is 6.77. The minimum absolute atomic E-state index is 0.108. The number of ether oxygens (including phenoxy) is 3. The molecule has 1 rings (SSSR count). The van der Waals surface area contributed by atoms with Crippen LogP contribution in [-0.2, 0) is 19.0 Å². The van der Waals surface area contributed by atoms with Gasteiger partial charge >= 0.3 is 12.1 Å². The summed E-state index contributed by atoms with van der Waals surface area (Å²) in [6, 6.07) is 1.28. The number of amides is 1. The standard InChI is InChI=1S/C14H25NO5Si/c1-11(2)13(16)19-7-5-15-9-12(20-14(15)17)10-18-6-4-8-21-3/h12H,1,4-10,21H2,2-3H3. The van der Waals surface area contributed by atoms with Crippen LogP contribution in [0.25, 0.3) is 0 Å². The number of rotatable bonds is 10.